The number of fused-ring (bicyclic) bond motifs is 33. The second kappa shape index (κ2) is 33.8. The summed E-state index contributed by atoms with van der Waals surface area (Å²) in [7, 11) is 0. The quantitative estimate of drug-likeness (QED) is 0.144. The summed E-state index contributed by atoms with van der Waals surface area (Å²) in [5, 5.41) is 26.0. The molecule has 0 amide bonds. The zero-order valence-corrected chi connectivity index (χ0v) is 84.0. The molecule has 0 aliphatic rings. The normalized spacial score (nSPS) is 12.1. The molecule has 0 unspecified atom stereocenters. The number of furan rings is 2. The minimum absolute atomic E-state index is 0.890. The van der Waals surface area contributed by atoms with Crippen LogP contribution in [0.4, 0.5) is 0 Å². The van der Waals surface area contributed by atoms with Gasteiger partial charge in [-0.1, -0.05) is 279 Å². The first-order chi connectivity index (χ1) is 72.8. The molecule has 33 aromatic rings. The van der Waals surface area contributed by atoms with E-state index >= 15 is 0 Å². The van der Waals surface area contributed by atoms with E-state index in [0.29, 0.717) is 0 Å². The van der Waals surface area contributed by atoms with Crippen LogP contribution in [-0.4, -0.2) is 15.0 Å². The number of benzene rings is 21. The fourth-order valence-electron chi connectivity index (χ4n) is 22.7. The van der Waals surface area contributed by atoms with E-state index in [0.717, 1.165) is 116 Å². The zero-order valence-electron chi connectivity index (χ0n) is 78.3. The van der Waals surface area contributed by atoms with Gasteiger partial charge >= 0.3 is 0 Å². The average molecular weight is 2000 g/mol. The van der Waals surface area contributed by atoms with Gasteiger partial charge in [0.1, 0.15) is 22.3 Å². The molecule has 0 atom stereocenters. The van der Waals surface area contributed by atoms with E-state index in [1.165, 1.54) is 202 Å². The van der Waals surface area contributed by atoms with Crippen LogP contribution in [0.15, 0.2) is 464 Å². The summed E-state index contributed by atoms with van der Waals surface area (Å²) in [4.78, 5) is 16.3. The second-order valence-corrected chi connectivity index (χ2v) is 45.5. The van der Waals surface area contributed by atoms with Crippen LogP contribution in [0.3, 0.4) is 0 Å². The lowest BCUT2D eigenvalue weighted by molar-refractivity contribution is 0.668. The summed E-state index contributed by atoms with van der Waals surface area (Å²) in [6, 6.07) is 165. The zero-order chi connectivity index (χ0) is 96.2. The van der Waals surface area contributed by atoms with E-state index in [9.17, 15) is 0 Å². The van der Waals surface area contributed by atoms with Gasteiger partial charge in [0.05, 0.1) is 33.6 Å². The van der Waals surface area contributed by atoms with Crippen LogP contribution in [0.25, 0.3) is 318 Å². The summed E-state index contributed by atoms with van der Waals surface area (Å²) in [5.41, 5.74) is 27.4. The Balaban J connectivity index is 0.0000000999. The van der Waals surface area contributed by atoms with E-state index in [1.54, 1.807) is 0 Å². The molecule has 21 aromatic carbocycles. The molecule has 147 heavy (non-hydrogen) atoms. The number of hydrogen-bond acceptors (Lipinski definition) is 12. The van der Waals surface area contributed by atoms with E-state index in [4.69, 9.17) is 23.8 Å². The number of thiophene rings is 7. The number of para-hydroxylation sites is 5. The number of rotatable bonds is 9. The third-order valence-electron chi connectivity index (χ3n) is 29.5. The van der Waals surface area contributed by atoms with E-state index in [1.807, 2.05) is 104 Å². The number of nitrogens with zero attached hydrogens (tertiary/aromatic N) is 3. The highest BCUT2D eigenvalue weighted by molar-refractivity contribution is 7.29. The van der Waals surface area contributed by atoms with Crippen LogP contribution in [0.1, 0.15) is 0 Å². The van der Waals surface area contributed by atoms with Crippen molar-refractivity contribution in [2.45, 2.75) is 0 Å². The first kappa shape index (κ1) is 84.5. The Hall–Kier alpha value is -17.0. The topological polar surface area (TPSA) is 65.0 Å². The van der Waals surface area contributed by atoms with Crippen molar-refractivity contribution in [3.63, 3.8) is 0 Å². The van der Waals surface area contributed by atoms with E-state index < -0.39 is 0 Å². The Labute approximate surface area is 868 Å². The highest BCUT2D eigenvalue weighted by atomic mass is 32.1. The van der Waals surface area contributed by atoms with Gasteiger partial charge in [-0.25, -0.2) is 15.0 Å². The second-order valence-electron chi connectivity index (χ2n) is 38.0. The van der Waals surface area contributed by atoms with Crippen molar-refractivity contribution in [2.24, 2.45) is 0 Å². The number of pyridine rings is 3. The van der Waals surface area contributed by atoms with Gasteiger partial charge in [0.15, 0.2) is 0 Å². The lowest BCUT2D eigenvalue weighted by Crippen LogP contribution is -1.91. The molecule has 0 bridgehead atoms. The van der Waals surface area contributed by atoms with Crippen LogP contribution < -0.4 is 0 Å². The van der Waals surface area contributed by atoms with Gasteiger partial charge in [-0.3, -0.25) is 0 Å². The molecule has 12 heteroatoms. The molecule has 0 aliphatic carbocycles. The Bertz CT molecular complexity index is 10600. The third-order valence-corrected chi connectivity index (χ3v) is 37.9. The molecular formula is C135H75N3O2S7. The molecule has 0 aliphatic heterocycles. The largest absolute Gasteiger partial charge is 0.456 e. The van der Waals surface area contributed by atoms with Crippen LogP contribution >= 0.6 is 79.4 Å². The van der Waals surface area contributed by atoms with Gasteiger partial charge in [-0.15, -0.1) is 79.4 Å². The summed E-state index contributed by atoms with van der Waals surface area (Å²) < 4.78 is 30.7. The van der Waals surface area contributed by atoms with Crippen molar-refractivity contribution in [3.8, 4) is 101 Å². The third kappa shape index (κ3) is 13.9. The van der Waals surface area contributed by atoms with Gasteiger partial charge in [-0.2, -0.15) is 0 Å². The monoisotopic (exact) mass is 1990 g/mol. The highest BCUT2D eigenvalue weighted by Gasteiger charge is 2.27. The molecule has 0 saturated heterocycles. The predicted octanol–water partition coefficient (Wildman–Crippen LogP) is 42.1. The van der Waals surface area contributed by atoms with Crippen LogP contribution in [0, 0.1) is 0 Å². The summed E-state index contributed by atoms with van der Waals surface area (Å²) in [5.74, 6) is 0. The van der Waals surface area contributed by atoms with Crippen molar-refractivity contribution in [1.82, 2.24) is 15.0 Å². The molecule has 12 aromatic heterocycles. The highest BCUT2D eigenvalue weighted by Crippen LogP contribution is 2.54. The van der Waals surface area contributed by atoms with E-state index in [-0.39, 0.29) is 0 Å². The van der Waals surface area contributed by atoms with Crippen molar-refractivity contribution in [1.29, 1.82) is 0 Å². The first-order valence-electron chi connectivity index (χ1n) is 49.3. The molecule has 0 spiro atoms. The Morgan fingerprint density at radius 1 is 0.136 bits per heavy atom. The average Bonchev–Trinajstić information content (AvgIpc) is 1.61. The molecule has 0 radical (unpaired) electrons. The molecule has 0 N–H and O–H groups in total. The van der Waals surface area contributed by atoms with Gasteiger partial charge < -0.3 is 8.83 Å². The smallest absolute Gasteiger partial charge is 0.135 e. The lowest BCUT2D eigenvalue weighted by Gasteiger charge is -2.14. The minimum Gasteiger partial charge on any atom is -0.456 e. The molecular weight excluding hydrogens is 1920 g/mol. The standard InChI is InChI=1S/C45H25NO2S.2C45H25NS3/c1-5-13-37-33(11-1)45-43(34-12-4-8-16-42(34)49-45)44(46-37)30-22-28(26-17-19-40-35(24-26)31-9-2-6-14-38(31)47-40)21-29(23-30)27-18-20-41-36(25-27)32-10-3-7-15-39(32)48-41;1-5-19-37-35(13-1)45-41(36-14-4-8-22-40(36)49-45)42(46-37)28-24-26(29-15-9-17-33-31-11-2-6-20-38(31)47-43(29)33)23-27(25-28)30-16-10-18-34-32-12-3-7-21-39(32)48-44(30)34;1-5-13-37-33(11-1)45-43(34-12-4-8-16-40(34)49-45)44(46-37)30-22-28(26-17-19-41-35(24-26)31-9-2-6-14-38(31)47-41)21-29(23-30)27-18-20-42-36(25-27)32-10-3-7-15-39(32)48-42/h3*1-25H. The summed E-state index contributed by atoms with van der Waals surface area (Å²) in [6.07, 6.45) is 0. The Kier molecular flexibility index (Phi) is 19.4. The van der Waals surface area contributed by atoms with Gasteiger partial charge in [0.2, 0.25) is 0 Å². The molecule has 33 rings (SSSR count). The maximum absolute atomic E-state index is 6.20. The maximum Gasteiger partial charge on any atom is 0.135 e. The predicted molar refractivity (Wildman–Crippen MR) is 639 cm³/mol. The van der Waals surface area contributed by atoms with Crippen molar-refractivity contribution in [3.05, 3.63) is 455 Å². The first-order valence-corrected chi connectivity index (χ1v) is 55.0. The minimum atomic E-state index is 0.890. The molecule has 684 valence electrons. The Morgan fingerprint density at radius 3 is 0.735 bits per heavy atom. The van der Waals surface area contributed by atoms with Crippen molar-refractivity contribution < 1.29 is 8.83 Å². The van der Waals surface area contributed by atoms with Crippen LogP contribution in [0.5, 0.6) is 0 Å². The molecule has 0 fully saturated rings. The molecule has 0 saturated carbocycles. The summed E-state index contributed by atoms with van der Waals surface area (Å²) >= 11 is 13.1. The number of hydrogen-bond donors (Lipinski definition) is 0. The summed E-state index contributed by atoms with van der Waals surface area (Å²) in [6.45, 7) is 0. The van der Waals surface area contributed by atoms with Gasteiger partial charge in [0, 0.05) is 196 Å². The lowest BCUT2D eigenvalue weighted by atomic mass is 9.92. The van der Waals surface area contributed by atoms with Crippen LogP contribution in [-0.2, 0) is 0 Å². The maximum atomic E-state index is 6.20. The van der Waals surface area contributed by atoms with Crippen molar-refractivity contribution >= 4 is 297 Å². The molecule has 5 nitrogen and oxygen atoms in total. The fourth-order valence-corrected chi connectivity index (χ4v) is 31.1. The van der Waals surface area contributed by atoms with Gasteiger partial charge in [-0.05, 0) is 243 Å². The van der Waals surface area contributed by atoms with Crippen molar-refractivity contribution in [2.75, 3.05) is 0 Å². The fraction of sp³-hybridized carbons (Fsp3) is 0. The SMILES string of the molecule is c1ccc2c(c1)nc(-c1cc(-c3ccc4oc5ccccc5c4c3)cc(-c3ccc4oc5ccccc5c4c3)c1)c1c3ccccc3sc21.c1ccc2c(c1)nc(-c1cc(-c3ccc4sc5ccccc5c4c3)cc(-c3ccc4sc5ccccc5c4c3)c1)c1c3ccccc3sc21.c1ccc2c(c1)nc(-c1cc(-c3cccc4c3sc3ccccc34)cc(-c3cccc4c3sc3ccccc34)c1)c1c3ccccc3sc21. The molecule has 12 heterocycles. The van der Waals surface area contributed by atoms with E-state index in [2.05, 4.69) is 431 Å². The van der Waals surface area contributed by atoms with Gasteiger partial charge in [0.25, 0.3) is 0 Å². The van der Waals surface area contributed by atoms with Crippen LogP contribution in [0.2, 0.25) is 0 Å². The number of aromatic nitrogens is 3. The Morgan fingerprint density at radius 2 is 0.374 bits per heavy atom.